The van der Waals surface area contributed by atoms with E-state index in [-0.39, 0.29) is 77.8 Å². The van der Waals surface area contributed by atoms with Crippen molar-refractivity contribution in [2.24, 2.45) is 59.2 Å². The first-order chi connectivity index (χ1) is 35.7. The number of carbonyl (C=O) groups is 4. The fourth-order valence-electron chi connectivity index (χ4n) is 17.2. The molecule has 6 N–H and O–H groups in total. The lowest BCUT2D eigenvalue weighted by atomic mass is 9.50. The van der Waals surface area contributed by atoms with Crippen LogP contribution < -0.4 is 0 Å². The molecular weight excluding hydrogens is 973 g/mol. The maximum Gasteiger partial charge on any atom is 0.355 e. The molecule has 2 spiro atoms. The molecule has 0 aromatic carbocycles. The quantitative estimate of drug-likeness (QED) is 0.0956. The normalized spacial score (nSPS) is 48.8. The van der Waals surface area contributed by atoms with Gasteiger partial charge in [0, 0.05) is 92.2 Å². The Bertz CT molecular complexity index is 2750. The average Bonchev–Trinajstić information content (AvgIpc) is 3.95. The van der Waals surface area contributed by atoms with E-state index in [1.165, 1.54) is 14.2 Å². The van der Waals surface area contributed by atoms with Gasteiger partial charge in [-0.15, -0.1) is 0 Å². The van der Waals surface area contributed by atoms with Gasteiger partial charge in [0.05, 0.1) is 36.6 Å². The minimum Gasteiger partial charge on any atom is -0.457 e. The van der Waals surface area contributed by atoms with Gasteiger partial charge in [0.2, 0.25) is 0 Å². The summed E-state index contributed by atoms with van der Waals surface area (Å²) in [7, 11) is 3.03. The lowest BCUT2D eigenvalue weighted by molar-refractivity contribution is -0.201. The van der Waals surface area contributed by atoms with Gasteiger partial charge in [0.15, 0.2) is 11.2 Å². The standard InChI is InChI=1S/C28H35NO9.C28H35NO8/c1-10-17-12(3)28-14(9-27(17,34-5)26(33)37-20(10)13(4)30)22-23(35-22)16-18(28)19(31)11(2)21(24(16)38-28)36-25(32)15-7-6-8-29-15;1-12-19-14(3)28-16(11-27(19,34-5)26(33)36-22(12)15(4)30)8-9-17-20(28)21(31)13(2)23(24(17)37-28)35-25(32)18-7-6-10-29-18/h6-8,10-11,13-14,16,18-24,29-31H,9H2,1-5H3;6-10,12-13,15-17,20-24,29-31H,11H2,1-5H3/t10-,11-,13-,14+,16+,18+,19-,20+,21-,22+,23-,24-,27-,28+;12-,13-,15-,16-,17-,20+,21-,22+,23-,24-,27-,28+/m11/s1. The summed E-state index contributed by atoms with van der Waals surface area (Å²) in [4.78, 5) is 58.6. The lowest BCUT2D eigenvalue weighted by Gasteiger charge is -2.57. The second-order valence-corrected chi connectivity index (χ2v) is 23.6. The van der Waals surface area contributed by atoms with E-state index in [9.17, 15) is 39.6 Å². The fourth-order valence-corrected chi connectivity index (χ4v) is 17.2. The van der Waals surface area contributed by atoms with Crippen LogP contribution >= 0.6 is 0 Å². The highest BCUT2D eigenvalue weighted by Crippen LogP contribution is 2.72. The van der Waals surface area contributed by atoms with Gasteiger partial charge in [0.1, 0.15) is 59.2 Å². The second kappa shape index (κ2) is 17.4. The predicted octanol–water partition coefficient (Wildman–Crippen LogP) is 3.52. The lowest BCUT2D eigenvalue weighted by Crippen LogP contribution is -2.67. The molecule has 13 rings (SSSR count). The minimum absolute atomic E-state index is 0.159. The first-order valence-electron chi connectivity index (χ1n) is 26.7. The van der Waals surface area contributed by atoms with Gasteiger partial charge in [-0.25, -0.2) is 19.2 Å². The van der Waals surface area contributed by atoms with Crippen LogP contribution in [0.15, 0.2) is 71.1 Å². The summed E-state index contributed by atoms with van der Waals surface area (Å²) in [5, 5.41) is 44.4. The summed E-state index contributed by atoms with van der Waals surface area (Å²) >= 11 is 0. The number of hydrogen-bond donors (Lipinski definition) is 6. The third kappa shape index (κ3) is 6.59. The average molecular weight is 1040 g/mol. The van der Waals surface area contributed by atoms with Crippen molar-refractivity contribution in [1.82, 2.24) is 9.97 Å². The number of carbonyl (C=O) groups excluding carboxylic acids is 4. The number of aromatic amines is 2. The topological polar surface area (TPSA) is 267 Å². The van der Waals surface area contributed by atoms with Gasteiger partial charge >= 0.3 is 23.9 Å². The van der Waals surface area contributed by atoms with Gasteiger partial charge in [0.25, 0.3) is 0 Å². The van der Waals surface area contributed by atoms with E-state index >= 15 is 0 Å². The van der Waals surface area contributed by atoms with Gasteiger partial charge in [-0.05, 0) is 80.7 Å². The van der Waals surface area contributed by atoms with Crippen molar-refractivity contribution in [3.8, 4) is 0 Å². The van der Waals surface area contributed by atoms with Crippen LogP contribution in [0.1, 0.15) is 89.2 Å². The number of esters is 4. The molecule has 19 nitrogen and oxygen atoms in total. The summed E-state index contributed by atoms with van der Waals surface area (Å²) in [5.41, 5.74) is -0.550. The molecule has 26 atom stereocenters. The number of aliphatic hydroxyl groups excluding tert-OH is 4. The highest BCUT2D eigenvalue weighted by Gasteiger charge is 2.82. The number of epoxide rings is 1. The van der Waals surface area contributed by atoms with Gasteiger partial charge in [-0.2, -0.15) is 0 Å². The number of cyclic esters (lactones) is 2. The molecule has 8 fully saturated rings. The molecule has 3 saturated carbocycles. The van der Waals surface area contributed by atoms with E-state index in [0.717, 1.165) is 22.3 Å². The number of ether oxygens (including phenoxy) is 9. The smallest absolute Gasteiger partial charge is 0.355 e. The Morgan fingerprint density at radius 1 is 0.680 bits per heavy atom. The molecule has 2 aromatic rings. The summed E-state index contributed by atoms with van der Waals surface area (Å²) in [6.45, 7) is 14.8. The number of aromatic nitrogens is 2. The summed E-state index contributed by atoms with van der Waals surface area (Å²) < 4.78 is 55.7. The first kappa shape index (κ1) is 51.1. The SMILES string of the molecule is CO[C@]12C[C@H]3C=C[C@H]4[C@H]5O[C@]3(C(C)=C1[C@@H](C)[C@@H]([C@@H](C)O)OC2=O)[C@@H]4[C@H](O)[C@@H](C)[C@H]5OC(=O)c1ccc[nH]1.CO[C@]12C[C@H]3[C@@H]4O[C@@H]4[C@H]4[C@H]5O[C@]3(C(C)=C1[C@@H](C)[C@@H]([C@@H](C)O)OC2=O)[C@@H]4[C@H](O)[C@@H](C)[C@H]5OC(=O)c1ccc[nH]1. The molecule has 6 aliphatic carbocycles. The third-order valence-electron chi connectivity index (χ3n) is 20.4. The van der Waals surface area contributed by atoms with Crippen molar-refractivity contribution in [2.75, 3.05) is 14.2 Å². The van der Waals surface area contributed by atoms with Crippen molar-refractivity contribution in [2.45, 2.75) is 164 Å². The summed E-state index contributed by atoms with van der Waals surface area (Å²) in [6, 6.07) is 6.76. The monoisotopic (exact) mass is 1040 g/mol. The Morgan fingerprint density at radius 3 is 1.68 bits per heavy atom. The number of hydrogen-bond acceptors (Lipinski definition) is 17. The van der Waals surface area contributed by atoms with Crippen molar-refractivity contribution < 1.29 is 82.2 Å². The van der Waals surface area contributed by atoms with Crippen molar-refractivity contribution in [3.63, 3.8) is 0 Å². The molecule has 7 heterocycles. The van der Waals surface area contributed by atoms with Gasteiger partial charge in [-0.1, -0.05) is 39.8 Å². The van der Waals surface area contributed by atoms with Crippen LogP contribution in [-0.2, 0) is 52.2 Å². The molecule has 406 valence electrons. The minimum atomic E-state index is -1.32. The Labute approximate surface area is 434 Å². The highest BCUT2D eigenvalue weighted by molar-refractivity contribution is 5.89. The van der Waals surface area contributed by atoms with E-state index in [1.807, 2.05) is 47.6 Å². The third-order valence-corrected chi connectivity index (χ3v) is 20.4. The van der Waals surface area contributed by atoms with Gasteiger partial charge < -0.3 is 73.0 Å². The van der Waals surface area contributed by atoms with Crippen LogP contribution in [-0.4, -0.2) is 164 Å². The predicted molar refractivity (Wildman–Crippen MR) is 260 cm³/mol. The zero-order chi connectivity index (χ0) is 53.3. The number of methoxy groups -OCH3 is 2. The van der Waals surface area contributed by atoms with Crippen molar-refractivity contribution in [3.05, 3.63) is 82.5 Å². The Morgan fingerprint density at radius 2 is 1.17 bits per heavy atom. The molecule has 5 saturated heterocycles. The molecule has 5 aliphatic heterocycles. The largest absolute Gasteiger partial charge is 0.457 e. The van der Waals surface area contributed by atoms with E-state index in [2.05, 4.69) is 16.0 Å². The van der Waals surface area contributed by atoms with E-state index < -0.39 is 107 Å². The van der Waals surface area contributed by atoms with E-state index in [0.29, 0.717) is 17.8 Å². The molecule has 0 amide bonds. The van der Waals surface area contributed by atoms with Crippen LogP contribution in [0.4, 0.5) is 0 Å². The molecular formula is C56H70N2O17. The van der Waals surface area contributed by atoms with Crippen LogP contribution in [0.25, 0.3) is 0 Å². The molecule has 0 radical (unpaired) electrons. The molecule has 75 heavy (non-hydrogen) atoms. The maximum absolute atomic E-state index is 13.5. The zero-order valence-corrected chi connectivity index (χ0v) is 43.8. The molecule has 0 unspecified atom stereocenters. The maximum atomic E-state index is 13.5. The fraction of sp³-hybridized carbons (Fsp3) is 0.679. The van der Waals surface area contributed by atoms with Gasteiger partial charge in [-0.3, -0.25) is 0 Å². The van der Waals surface area contributed by atoms with Crippen LogP contribution in [0.3, 0.4) is 0 Å². The van der Waals surface area contributed by atoms with E-state index in [4.69, 9.17) is 42.6 Å². The van der Waals surface area contributed by atoms with Crippen LogP contribution in [0.2, 0.25) is 0 Å². The Balaban J connectivity index is 0.000000152. The number of aliphatic hydroxyl groups is 4. The summed E-state index contributed by atoms with van der Waals surface area (Å²) in [6.07, 6.45) is 0.632. The number of rotatable bonds is 8. The second-order valence-electron chi connectivity index (χ2n) is 23.6. The number of fused-ring (bicyclic) bond motifs is 4. The Kier molecular flexibility index (Phi) is 11.9. The van der Waals surface area contributed by atoms with Crippen molar-refractivity contribution in [1.29, 1.82) is 0 Å². The first-order valence-corrected chi connectivity index (χ1v) is 26.7. The van der Waals surface area contributed by atoms with Crippen LogP contribution in [0.5, 0.6) is 0 Å². The summed E-state index contributed by atoms with van der Waals surface area (Å²) in [5.74, 6) is -4.81. The number of H-pyrrole nitrogens is 2. The van der Waals surface area contributed by atoms with Crippen LogP contribution in [0, 0.1) is 59.2 Å². The highest BCUT2D eigenvalue weighted by atomic mass is 16.6. The molecule has 2 aromatic heterocycles. The molecule has 11 aliphatic rings. The molecule has 8 bridgehead atoms. The zero-order valence-electron chi connectivity index (χ0n) is 43.8. The Hall–Kier alpha value is -4.70. The van der Waals surface area contributed by atoms with Crippen molar-refractivity contribution >= 4 is 23.9 Å². The number of nitrogens with one attached hydrogen (secondary N) is 2. The van der Waals surface area contributed by atoms with E-state index in [1.54, 1.807) is 50.5 Å². The molecule has 19 heteroatoms.